The summed E-state index contributed by atoms with van der Waals surface area (Å²) in [6, 6.07) is 0.384. The van der Waals surface area contributed by atoms with Crippen LogP contribution in [0.5, 0.6) is 0 Å². The van der Waals surface area contributed by atoms with Crippen LogP contribution in [0.3, 0.4) is 0 Å². The third-order valence-corrected chi connectivity index (χ3v) is 4.83. The monoisotopic (exact) mass is 285 g/mol. The number of aliphatic hydroxyl groups excluding tert-OH is 1. The van der Waals surface area contributed by atoms with Crippen LogP contribution in [0.1, 0.15) is 66.7 Å². The Morgan fingerprint density at radius 3 is 2.50 bits per heavy atom. The Bertz CT molecular complexity index is 262. The summed E-state index contributed by atoms with van der Waals surface area (Å²) in [5.41, 5.74) is 0.219. The van der Waals surface area contributed by atoms with Crippen molar-refractivity contribution in [1.82, 2.24) is 5.32 Å². The highest BCUT2D eigenvalue weighted by atomic mass is 16.5. The first-order valence-electron chi connectivity index (χ1n) is 8.37. The van der Waals surface area contributed by atoms with Crippen molar-refractivity contribution < 1.29 is 9.84 Å². The molecular weight excluding hydrogens is 250 g/mol. The van der Waals surface area contributed by atoms with Gasteiger partial charge in [-0.25, -0.2) is 0 Å². The van der Waals surface area contributed by atoms with Crippen molar-refractivity contribution in [2.75, 3.05) is 13.2 Å². The number of aliphatic hydroxyl groups is 1. The minimum atomic E-state index is -0.403. The average molecular weight is 285 g/mol. The lowest BCUT2D eigenvalue weighted by molar-refractivity contribution is -0.0507. The molecule has 1 aliphatic carbocycles. The molecule has 0 radical (unpaired) electrons. The van der Waals surface area contributed by atoms with Gasteiger partial charge in [-0.15, -0.1) is 0 Å². The van der Waals surface area contributed by atoms with Crippen LogP contribution in [0.25, 0.3) is 0 Å². The quantitative estimate of drug-likeness (QED) is 0.753. The number of hydrogen-bond donors (Lipinski definition) is 2. The molecule has 0 spiro atoms. The molecule has 120 valence electrons. The van der Waals surface area contributed by atoms with Crippen LogP contribution in [-0.2, 0) is 4.74 Å². The van der Waals surface area contributed by atoms with Crippen LogP contribution in [0, 0.1) is 11.3 Å². The highest BCUT2D eigenvalue weighted by Gasteiger charge is 2.25. The van der Waals surface area contributed by atoms with Crippen molar-refractivity contribution in [1.29, 1.82) is 0 Å². The molecule has 0 amide bonds. The van der Waals surface area contributed by atoms with Crippen LogP contribution < -0.4 is 5.32 Å². The molecule has 3 heteroatoms. The number of rotatable bonds is 7. The molecule has 4 unspecified atom stereocenters. The summed E-state index contributed by atoms with van der Waals surface area (Å²) in [5.74, 6) is 0.692. The van der Waals surface area contributed by atoms with Gasteiger partial charge in [0.25, 0.3) is 0 Å². The zero-order valence-corrected chi connectivity index (χ0v) is 14.1. The van der Waals surface area contributed by atoms with Gasteiger partial charge in [0.1, 0.15) is 0 Å². The standard InChI is InChI=1S/C17H35NO2/c1-6-14-9-7-8-10-16(14)20-12-15(19)11-18-13(2)17(3,4)5/h13-16,18-19H,6-12H2,1-5H3. The van der Waals surface area contributed by atoms with Crippen LogP contribution in [0.2, 0.25) is 0 Å². The number of nitrogens with one attached hydrogen (secondary N) is 1. The maximum atomic E-state index is 10.1. The van der Waals surface area contributed by atoms with E-state index in [1.54, 1.807) is 0 Å². The zero-order chi connectivity index (χ0) is 15.2. The second-order valence-electron chi connectivity index (χ2n) is 7.47. The molecule has 3 nitrogen and oxygen atoms in total. The molecule has 0 aliphatic heterocycles. The molecule has 20 heavy (non-hydrogen) atoms. The summed E-state index contributed by atoms with van der Waals surface area (Å²) in [6.45, 7) is 12.1. The molecule has 0 saturated heterocycles. The fourth-order valence-electron chi connectivity index (χ4n) is 2.77. The maximum Gasteiger partial charge on any atom is 0.0897 e. The minimum Gasteiger partial charge on any atom is -0.389 e. The van der Waals surface area contributed by atoms with Crippen LogP contribution in [0.15, 0.2) is 0 Å². The zero-order valence-electron chi connectivity index (χ0n) is 14.1. The van der Waals surface area contributed by atoms with Crippen LogP contribution >= 0.6 is 0 Å². The van der Waals surface area contributed by atoms with Gasteiger partial charge in [-0.1, -0.05) is 47.0 Å². The molecule has 0 aromatic rings. The number of hydrogen-bond acceptors (Lipinski definition) is 3. The molecule has 0 bridgehead atoms. The first-order chi connectivity index (χ1) is 9.34. The normalized spacial score (nSPS) is 27.3. The molecule has 1 fully saturated rings. The third kappa shape index (κ3) is 6.11. The first kappa shape index (κ1) is 17.9. The molecular formula is C17H35NO2. The summed E-state index contributed by atoms with van der Waals surface area (Å²) in [4.78, 5) is 0. The van der Waals surface area contributed by atoms with Crippen molar-refractivity contribution in [2.24, 2.45) is 11.3 Å². The molecule has 0 aromatic heterocycles. The summed E-state index contributed by atoms with van der Waals surface area (Å²) >= 11 is 0. The largest absolute Gasteiger partial charge is 0.389 e. The Balaban J connectivity index is 2.23. The van der Waals surface area contributed by atoms with E-state index in [9.17, 15) is 5.11 Å². The van der Waals surface area contributed by atoms with E-state index in [0.29, 0.717) is 31.2 Å². The van der Waals surface area contributed by atoms with Crippen molar-refractivity contribution >= 4 is 0 Å². The second kappa shape index (κ2) is 8.35. The van der Waals surface area contributed by atoms with Crippen molar-refractivity contribution in [3.8, 4) is 0 Å². The lowest BCUT2D eigenvalue weighted by Crippen LogP contribution is -2.43. The fraction of sp³-hybridized carbons (Fsp3) is 1.00. The average Bonchev–Trinajstić information content (AvgIpc) is 2.41. The second-order valence-corrected chi connectivity index (χ2v) is 7.47. The Morgan fingerprint density at radius 1 is 1.25 bits per heavy atom. The van der Waals surface area contributed by atoms with Gasteiger partial charge in [0.2, 0.25) is 0 Å². The Kier molecular flexibility index (Phi) is 7.49. The van der Waals surface area contributed by atoms with E-state index >= 15 is 0 Å². The lowest BCUT2D eigenvalue weighted by atomic mass is 9.85. The predicted molar refractivity (Wildman–Crippen MR) is 84.9 cm³/mol. The van der Waals surface area contributed by atoms with Gasteiger partial charge in [-0.05, 0) is 31.1 Å². The van der Waals surface area contributed by atoms with E-state index < -0.39 is 6.10 Å². The molecule has 1 saturated carbocycles. The van der Waals surface area contributed by atoms with Crippen LogP contribution in [0.4, 0.5) is 0 Å². The van der Waals surface area contributed by atoms with E-state index in [-0.39, 0.29) is 5.41 Å². The minimum absolute atomic E-state index is 0.219. The van der Waals surface area contributed by atoms with Gasteiger partial charge >= 0.3 is 0 Å². The van der Waals surface area contributed by atoms with E-state index in [4.69, 9.17) is 4.74 Å². The van der Waals surface area contributed by atoms with E-state index in [1.807, 2.05) is 0 Å². The Labute approximate surface area is 125 Å². The third-order valence-electron chi connectivity index (χ3n) is 4.83. The smallest absolute Gasteiger partial charge is 0.0897 e. The SMILES string of the molecule is CCC1CCCCC1OCC(O)CNC(C)C(C)(C)C. The Morgan fingerprint density at radius 2 is 1.90 bits per heavy atom. The summed E-state index contributed by atoms with van der Waals surface area (Å²) in [7, 11) is 0. The molecule has 1 aliphatic rings. The highest BCUT2D eigenvalue weighted by molar-refractivity contribution is 4.78. The highest BCUT2D eigenvalue weighted by Crippen LogP contribution is 2.29. The molecule has 0 aromatic carbocycles. The van der Waals surface area contributed by atoms with Crippen molar-refractivity contribution in [2.45, 2.75) is 85.0 Å². The lowest BCUT2D eigenvalue weighted by Gasteiger charge is -2.32. The summed E-state index contributed by atoms with van der Waals surface area (Å²) in [5, 5.41) is 13.5. The van der Waals surface area contributed by atoms with Gasteiger partial charge in [-0.2, -0.15) is 0 Å². The fourth-order valence-corrected chi connectivity index (χ4v) is 2.77. The first-order valence-corrected chi connectivity index (χ1v) is 8.37. The Hall–Kier alpha value is -0.120. The summed E-state index contributed by atoms with van der Waals surface area (Å²) in [6.07, 6.45) is 6.22. The topological polar surface area (TPSA) is 41.5 Å². The van der Waals surface area contributed by atoms with Crippen LogP contribution in [-0.4, -0.2) is 36.5 Å². The summed E-state index contributed by atoms with van der Waals surface area (Å²) < 4.78 is 5.98. The van der Waals surface area contributed by atoms with Crippen molar-refractivity contribution in [3.05, 3.63) is 0 Å². The van der Waals surface area contributed by atoms with Crippen molar-refractivity contribution in [3.63, 3.8) is 0 Å². The van der Waals surface area contributed by atoms with E-state index in [2.05, 4.69) is 39.9 Å². The van der Waals surface area contributed by atoms with E-state index in [1.165, 1.54) is 25.7 Å². The van der Waals surface area contributed by atoms with E-state index in [0.717, 1.165) is 6.42 Å². The maximum absolute atomic E-state index is 10.1. The molecule has 4 atom stereocenters. The van der Waals surface area contributed by atoms with Gasteiger partial charge < -0.3 is 15.2 Å². The van der Waals surface area contributed by atoms with Gasteiger partial charge in [0.15, 0.2) is 0 Å². The van der Waals surface area contributed by atoms with Gasteiger partial charge in [-0.3, -0.25) is 0 Å². The molecule has 2 N–H and O–H groups in total. The molecule has 1 rings (SSSR count). The number of ether oxygens (including phenoxy) is 1. The van der Waals surface area contributed by atoms with Gasteiger partial charge in [0, 0.05) is 12.6 Å². The predicted octanol–water partition coefficient (Wildman–Crippen LogP) is 3.36. The molecule has 0 heterocycles. The van der Waals surface area contributed by atoms with Gasteiger partial charge in [0.05, 0.1) is 18.8 Å².